The molecule has 128 valence electrons. The van der Waals surface area contributed by atoms with Gasteiger partial charge >= 0.3 is 11.9 Å². The van der Waals surface area contributed by atoms with Crippen LogP contribution < -0.4 is 11.5 Å². The van der Waals surface area contributed by atoms with Gasteiger partial charge in [-0.05, 0) is 12.8 Å². The molecule has 2 unspecified atom stereocenters. The minimum Gasteiger partial charge on any atom is -0.481 e. The number of rotatable bonds is 8. The Morgan fingerprint density at radius 3 is 2.27 bits per heavy atom. The van der Waals surface area contributed by atoms with Crippen LogP contribution in [0.3, 0.4) is 0 Å². The van der Waals surface area contributed by atoms with Gasteiger partial charge in [0.2, 0.25) is 0 Å². The Morgan fingerprint density at radius 1 is 1.23 bits per heavy atom. The first-order valence-electron chi connectivity index (χ1n) is 7.45. The Balaban J connectivity index is 0.000000433. The normalized spacial score (nSPS) is 16.0. The van der Waals surface area contributed by atoms with Crippen molar-refractivity contribution < 1.29 is 19.8 Å². The minimum atomic E-state index is -1.29. The Morgan fingerprint density at radius 2 is 1.86 bits per heavy atom. The van der Waals surface area contributed by atoms with Crippen LogP contribution in [-0.4, -0.2) is 57.4 Å². The van der Waals surface area contributed by atoms with Gasteiger partial charge in [0.25, 0.3) is 0 Å². The summed E-state index contributed by atoms with van der Waals surface area (Å²) >= 11 is 0. The molecule has 1 aliphatic heterocycles. The molecular weight excluding hydrogens is 288 g/mol. The second-order valence-corrected chi connectivity index (χ2v) is 5.14. The molecule has 8 heteroatoms. The van der Waals surface area contributed by atoms with E-state index in [0.29, 0.717) is 0 Å². The van der Waals surface area contributed by atoms with Crippen LogP contribution in [0.2, 0.25) is 0 Å². The average molecular weight is 316 g/mol. The van der Waals surface area contributed by atoms with E-state index in [9.17, 15) is 9.59 Å². The Hall–Kier alpha value is -1.80. The van der Waals surface area contributed by atoms with Crippen LogP contribution in [0.25, 0.3) is 0 Å². The van der Waals surface area contributed by atoms with Crippen LogP contribution in [0.1, 0.15) is 39.5 Å². The van der Waals surface area contributed by atoms with E-state index in [4.69, 9.17) is 21.7 Å². The number of hydrogen-bond donors (Lipinski definition) is 4. The molecule has 0 spiro atoms. The molecule has 0 saturated carbocycles. The van der Waals surface area contributed by atoms with E-state index in [1.807, 2.05) is 0 Å². The highest BCUT2D eigenvalue weighted by molar-refractivity contribution is 5.80. The first-order valence-corrected chi connectivity index (χ1v) is 7.45. The maximum absolute atomic E-state index is 9.85. The summed E-state index contributed by atoms with van der Waals surface area (Å²) in [5, 5.41) is 16.0. The third-order valence-electron chi connectivity index (χ3n) is 3.17. The lowest BCUT2D eigenvalue weighted by molar-refractivity contribution is -0.144. The van der Waals surface area contributed by atoms with Crippen LogP contribution in [0.15, 0.2) is 12.4 Å². The molecule has 0 fully saturated rings. The predicted octanol–water partition coefficient (Wildman–Crippen LogP) is 0.401. The largest absolute Gasteiger partial charge is 0.481 e. The van der Waals surface area contributed by atoms with Gasteiger partial charge in [-0.1, -0.05) is 20.3 Å². The number of nitrogens with zero attached hydrogens (tertiary/aromatic N) is 2. The standard InChI is InChI=1S/C10H21N3.C4H7NO4/c1-3-5-6-12-7-8-13(9-12)10(11)4-2;5-2(4(8)9)1-3(6)7/h7-8,10H,3-6,9,11H2,1-2H3;2H,1,5H2,(H,6,7)(H,8,9). The van der Waals surface area contributed by atoms with E-state index in [0.717, 1.165) is 19.6 Å². The van der Waals surface area contributed by atoms with Gasteiger partial charge in [-0.15, -0.1) is 0 Å². The summed E-state index contributed by atoms with van der Waals surface area (Å²) in [6, 6.07) is -1.29. The zero-order valence-electron chi connectivity index (χ0n) is 13.3. The summed E-state index contributed by atoms with van der Waals surface area (Å²) in [6.45, 7) is 6.46. The molecule has 2 atom stereocenters. The summed E-state index contributed by atoms with van der Waals surface area (Å²) in [7, 11) is 0. The fourth-order valence-corrected chi connectivity index (χ4v) is 1.72. The summed E-state index contributed by atoms with van der Waals surface area (Å²) < 4.78 is 0. The summed E-state index contributed by atoms with van der Waals surface area (Å²) in [6.07, 6.45) is 7.42. The smallest absolute Gasteiger partial charge is 0.321 e. The fourth-order valence-electron chi connectivity index (χ4n) is 1.72. The molecule has 1 aliphatic rings. The van der Waals surface area contributed by atoms with Gasteiger partial charge in [0.05, 0.1) is 19.3 Å². The van der Waals surface area contributed by atoms with Crippen molar-refractivity contribution in [2.45, 2.75) is 51.7 Å². The first-order chi connectivity index (χ1) is 10.3. The third-order valence-corrected chi connectivity index (χ3v) is 3.17. The van der Waals surface area contributed by atoms with Crippen LogP contribution >= 0.6 is 0 Å². The molecule has 1 rings (SSSR count). The molecule has 1 heterocycles. The summed E-state index contributed by atoms with van der Waals surface area (Å²) in [5.74, 6) is -2.50. The summed E-state index contributed by atoms with van der Waals surface area (Å²) in [5.41, 5.74) is 10.8. The number of carboxylic acids is 2. The molecule has 0 aromatic rings. The molecule has 0 radical (unpaired) electrons. The highest BCUT2D eigenvalue weighted by Crippen LogP contribution is 2.10. The SMILES string of the molecule is CCCCN1C=CN(C(N)CC)C1.NC(CC(=O)O)C(=O)O. The van der Waals surface area contributed by atoms with Gasteiger partial charge in [0.1, 0.15) is 6.04 Å². The molecule has 0 bridgehead atoms. The molecule has 22 heavy (non-hydrogen) atoms. The van der Waals surface area contributed by atoms with Crippen molar-refractivity contribution >= 4 is 11.9 Å². The Labute approximate surface area is 131 Å². The van der Waals surface area contributed by atoms with Crippen molar-refractivity contribution in [1.82, 2.24) is 9.80 Å². The fraction of sp³-hybridized carbons (Fsp3) is 0.714. The van der Waals surface area contributed by atoms with Crippen molar-refractivity contribution in [1.29, 1.82) is 0 Å². The van der Waals surface area contributed by atoms with E-state index >= 15 is 0 Å². The minimum absolute atomic E-state index is 0.183. The predicted molar refractivity (Wildman–Crippen MR) is 83.6 cm³/mol. The van der Waals surface area contributed by atoms with Crippen molar-refractivity contribution in [3.8, 4) is 0 Å². The molecule has 0 aliphatic carbocycles. The van der Waals surface area contributed by atoms with Crippen molar-refractivity contribution in [2.24, 2.45) is 11.5 Å². The Bertz CT molecular complexity index is 376. The van der Waals surface area contributed by atoms with Crippen molar-refractivity contribution in [3.63, 3.8) is 0 Å². The maximum Gasteiger partial charge on any atom is 0.321 e. The molecular formula is C14H28N4O4. The quantitative estimate of drug-likeness (QED) is 0.506. The van der Waals surface area contributed by atoms with Gasteiger partial charge < -0.3 is 31.5 Å². The molecule has 8 nitrogen and oxygen atoms in total. The highest BCUT2D eigenvalue weighted by atomic mass is 16.4. The van der Waals surface area contributed by atoms with Crippen molar-refractivity contribution in [3.05, 3.63) is 12.4 Å². The summed E-state index contributed by atoms with van der Waals surface area (Å²) in [4.78, 5) is 24.1. The van der Waals surface area contributed by atoms with Gasteiger partial charge in [0.15, 0.2) is 0 Å². The van der Waals surface area contributed by atoms with E-state index in [1.165, 1.54) is 12.8 Å². The molecule has 0 amide bonds. The lowest BCUT2D eigenvalue weighted by Gasteiger charge is -2.25. The zero-order chi connectivity index (χ0) is 17.1. The number of hydrogen-bond acceptors (Lipinski definition) is 6. The van der Waals surface area contributed by atoms with Gasteiger partial charge in [-0.3, -0.25) is 9.59 Å². The third kappa shape index (κ3) is 8.48. The van der Waals surface area contributed by atoms with E-state index in [-0.39, 0.29) is 6.17 Å². The lowest BCUT2D eigenvalue weighted by atomic mass is 10.2. The van der Waals surface area contributed by atoms with Gasteiger partial charge in [0, 0.05) is 18.9 Å². The maximum atomic E-state index is 9.85. The molecule has 0 aromatic carbocycles. The zero-order valence-corrected chi connectivity index (χ0v) is 13.3. The lowest BCUT2D eigenvalue weighted by Crippen LogP contribution is -2.39. The number of aliphatic carboxylic acids is 2. The molecule has 0 saturated heterocycles. The Kier molecular flexibility index (Phi) is 9.97. The highest BCUT2D eigenvalue weighted by Gasteiger charge is 2.15. The number of nitrogens with two attached hydrogens (primary N) is 2. The van der Waals surface area contributed by atoms with Crippen LogP contribution in [0.5, 0.6) is 0 Å². The second kappa shape index (κ2) is 10.9. The number of carboxylic acid groups (broad SMARTS) is 2. The van der Waals surface area contributed by atoms with Crippen molar-refractivity contribution in [2.75, 3.05) is 13.2 Å². The van der Waals surface area contributed by atoms with Crippen LogP contribution in [0, 0.1) is 0 Å². The van der Waals surface area contributed by atoms with Crippen LogP contribution in [-0.2, 0) is 9.59 Å². The van der Waals surface area contributed by atoms with E-state index in [1.54, 1.807) is 0 Å². The average Bonchev–Trinajstić information content (AvgIpc) is 2.93. The monoisotopic (exact) mass is 316 g/mol. The van der Waals surface area contributed by atoms with E-state index in [2.05, 4.69) is 36.0 Å². The van der Waals surface area contributed by atoms with Crippen LogP contribution in [0.4, 0.5) is 0 Å². The van der Waals surface area contributed by atoms with Gasteiger partial charge in [-0.2, -0.15) is 0 Å². The van der Waals surface area contributed by atoms with Gasteiger partial charge in [-0.25, -0.2) is 0 Å². The molecule has 6 N–H and O–H groups in total. The number of unbranched alkanes of at least 4 members (excludes halogenated alkanes) is 1. The molecule has 0 aromatic heterocycles. The number of carbonyl (C=O) groups is 2. The second-order valence-electron chi connectivity index (χ2n) is 5.14. The first kappa shape index (κ1) is 20.2. The van der Waals surface area contributed by atoms with E-state index < -0.39 is 24.4 Å². The topological polar surface area (TPSA) is 133 Å².